The van der Waals surface area contributed by atoms with E-state index in [4.69, 9.17) is 21.6 Å². The first-order valence-corrected chi connectivity index (χ1v) is 7.85. The van der Waals surface area contributed by atoms with E-state index in [1.54, 1.807) is 24.0 Å². The van der Waals surface area contributed by atoms with Crippen LogP contribution in [-0.4, -0.2) is 36.6 Å². The molecule has 1 saturated heterocycles. The van der Waals surface area contributed by atoms with Crippen molar-refractivity contribution in [2.24, 2.45) is 5.92 Å². The molecule has 0 aliphatic carbocycles. The summed E-state index contributed by atoms with van der Waals surface area (Å²) in [6, 6.07) is 6.72. The summed E-state index contributed by atoms with van der Waals surface area (Å²) < 4.78 is 4.98. The number of amides is 2. The van der Waals surface area contributed by atoms with Gasteiger partial charge in [0, 0.05) is 18.8 Å². The number of piperidine rings is 1. The molecule has 7 heteroatoms. The predicted octanol–water partition coefficient (Wildman–Crippen LogP) is 3.02. The molecular weight excluding hydrogens is 318 g/mol. The second-order valence-corrected chi connectivity index (χ2v) is 5.69. The lowest BCUT2D eigenvalue weighted by atomic mass is 9.97. The van der Waals surface area contributed by atoms with Crippen molar-refractivity contribution in [2.45, 2.75) is 19.8 Å². The predicted molar refractivity (Wildman–Crippen MR) is 86.1 cm³/mol. The first kappa shape index (κ1) is 17.1. The summed E-state index contributed by atoms with van der Waals surface area (Å²) in [6.07, 6.45) is 1.07. The Morgan fingerprint density at radius 2 is 2.30 bits per heavy atom. The normalized spacial score (nSPS) is 17.3. The third-order valence-corrected chi connectivity index (χ3v) is 4.00. The highest BCUT2D eigenvalue weighted by molar-refractivity contribution is 6.31. The van der Waals surface area contributed by atoms with Crippen molar-refractivity contribution in [3.63, 3.8) is 0 Å². The lowest BCUT2D eigenvalue weighted by molar-refractivity contribution is -0.121. The molecule has 1 aliphatic heterocycles. The third-order valence-electron chi connectivity index (χ3n) is 3.67. The van der Waals surface area contributed by atoms with E-state index in [0.29, 0.717) is 42.4 Å². The topological polar surface area (TPSA) is 82.4 Å². The molecule has 1 unspecified atom stereocenters. The summed E-state index contributed by atoms with van der Waals surface area (Å²) in [7, 11) is 0. The monoisotopic (exact) mass is 335 g/mol. The lowest BCUT2D eigenvalue weighted by Crippen LogP contribution is -2.44. The average Bonchev–Trinajstić information content (AvgIpc) is 2.57. The molecule has 0 bridgehead atoms. The molecule has 0 spiro atoms. The minimum Gasteiger partial charge on any atom is -0.450 e. The standard InChI is InChI=1S/C16H18ClN3O3/c1-2-23-16(22)20-7-3-4-11(10-20)15(21)19-13-5-6-14(17)12(8-13)9-18/h5-6,8,11H,2-4,7,10H2,1H3,(H,19,21). The quantitative estimate of drug-likeness (QED) is 0.920. The molecule has 0 aromatic heterocycles. The van der Waals surface area contributed by atoms with Crippen LogP contribution >= 0.6 is 11.6 Å². The molecule has 2 amide bonds. The van der Waals surface area contributed by atoms with Crippen LogP contribution in [0.25, 0.3) is 0 Å². The number of hydrogen-bond donors (Lipinski definition) is 1. The molecule has 6 nitrogen and oxygen atoms in total. The molecule has 0 radical (unpaired) electrons. The molecule has 1 atom stereocenters. The molecule has 1 aliphatic rings. The summed E-state index contributed by atoms with van der Waals surface area (Å²) in [4.78, 5) is 25.7. The van der Waals surface area contributed by atoms with Crippen LogP contribution in [0.1, 0.15) is 25.3 Å². The number of halogens is 1. The van der Waals surface area contributed by atoms with Crippen molar-refractivity contribution in [1.29, 1.82) is 5.26 Å². The first-order chi connectivity index (χ1) is 11.0. The number of nitriles is 1. The second kappa shape index (κ2) is 7.84. The van der Waals surface area contributed by atoms with Crippen molar-refractivity contribution >= 4 is 29.3 Å². The van der Waals surface area contributed by atoms with Crippen molar-refractivity contribution in [1.82, 2.24) is 4.90 Å². The van der Waals surface area contributed by atoms with E-state index in [1.165, 1.54) is 6.07 Å². The number of carbonyl (C=O) groups excluding carboxylic acids is 2. The van der Waals surface area contributed by atoms with Gasteiger partial charge in [-0.2, -0.15) is 5.26 Å². The number of anilines is 1. The smallest absolute Gasteiger partial charge is 0.409 e. The summed E-state index contributed by atoms with van der Waals surface area (Å²) >= 11 is 5.87. The van der Waals surface area contributed by atoms with Gasteiger partial charge in [0.15, 0.2) is 0 Å². The molecule has 1 N–H and O–H groups in total. The van der Waals surface area contributed by atoms with Crippen LogP contribution in [0.15, 0.2) is 18.2 Å². The lowest BCUT2D eigenvalue weighted by Gasteiger charge is -2.31. The number of benzene rings is 1. The van der Waals surface area contributed by atoms with E-state index in [2.05, 4.69) is 5.32 Å². The third kappa shape index (κ3) is 4.36. The molecule has 1 aromatic carbocycles. The molecule has 122 valence electrons. The number of nitrogens with one attached hydrogen (secondary N) is 1. The minimum absolute atomic E-state index is 0.176. The van der Waals surface area contributed by atoms with E-state index in [9.17, 15) is 9.59 Å². The highest BCUT2D eigenvalue weighted by atomic mass is 35.5. The van der Waals surface area contributed by atoms with Crippen LogP contribution in [0.2, 0.25) is 5.02 Å². The van der Waals surface area contributed by atoms with Gasteiger partial charge in [-0.25, -0.2) is 4.79 Å². The highest BCUT2D eigenvalue weighted by Gasteiger charge is 2.29. The zero-order chi connectivity index (χ0) is 16.8. The zero-order valence-electron chi connectivity index (χ0n) is 12.8. The molecule has 1 fully saturated rings. The van der Waals surface area contributed by atoms with Gasteiger partial charge < -0.3 is 15.0 Å². The first-order valence-electron chi connectivity index (χ1n) is 7.47. The maximum atomic E-state index is 12.4. The van der Waals surface area contributed by atoms with Gasteiger partial charge in [-0.1, -0.05) is 11.6 Å². The van der Waals surface area contributed by atoms with Gasteiger partial charge in [0.25, 0.3) is 0 Å². The SMILES string of the molecule is CCOC(=O)N1CCCC(C(=O)Nc2ccc(Cl)c(C#N)c2)C1. The van der Waals surface area contributed by atoms with E-state index < -0.39 is 0 Å². The molecule has 0 saturated carbocycles. The van der Waals surface area contributed by atoms with Crippen LogP contribution < -0.4 is 5.32 Å². The van der Waals surface area contributed by atoms with Gasteiger partial charge in [0.1, 0.15) is 6.07 Å². The van der Waals surface area contributed by atoms with Crippen molar-refractivity contribution in [3.8, 4) is 6.07 Å². The van der Waals surface area contributed by atoms with Gasteiger partial charge in [-0.3, -0.25) is 4.79 Å². The van der Waals surface area contributed by atoms with Gasteiger partial charge in [-0.05, 0) is 38.0 Å². The van der Waals surface area contributed by atoms with E-state index in [1.807, 2.05) is 6.07 Å². The Morgan fingerprint density at radius 1 is 1.52 bits per heavy atom. The van der Waals surface area contributed by atoms with Gasteiger partial charge in [-0.15, -0.1) is 0 Å². The van der Waals surface area contributed by atoms with Crippen LogP contribution in [-0.2, 0) is 9.53 Å². The summed E-state index contributed by atoms with van der Waals surface area (Å²) in [6.45, 7) is 3.00. The Kier molecular flexibility index (Phi) is 5.83. The van der Waals surface area contributed by atoms with Crippen molar-refractivity contribution < 1.29 is 14.3 Å². The molecule has 1 aromatic rings. The fourth-order valence-electron chi connectivity index (χ4n) is 2.50. The molecule has 1 heterocycles. The average molecular weight is 336 g/mol. The number of carbonyl (C=O) groups is 2. The second-order valence-electron chi connectivity index (χ2n) is 5.28. The maximum absolute atomic E-state index is 12.4. The Labute approximate surface area is 140 Å². The van der Waals surface area contributed by atoms with Crippen LogP contribution in [0.4, 0.5) is 10.5 Å². The Bertz CT molecular complexity index is 642. The number of hydrogen-bond acceptors (Lipinski definition) is 4. The number of ether oxygens (including phenoxy) is 1. The van der Waals surface area contributed by atoms with E-state index >= 15 is 0 Å². The van der Waals surface area contributed by atoms with Gasteiger partial charge >= 0.3 is 6.09 Å². The molecule has 2 rings (SSSR count). The Morgan fingerprint density at radius 3 is 3.00 bits per heavy atom. The molecular formula is C16H18ClN3O3. The fourth-order valence-corrected chi connectivity index (χ4v) is 2.66. The van der Waals surface area contributed by atoms with Crippen molar-refractivity contribution in [2.75, 3.05) is 25.0 Å². The zero-order valence-corrected chi connectivity index (χ0v) is 13.6. The summed E-state index contributed by atoms with van der Waals surface area (Å²) in [5, 5.41) is 12.1. The van der Waals surface area contributed by atoms with Gasteiger partial charge in [0.2, 0.25) is 5.91 Å². The van der Waals surface area contributed by atoms with Crippen LogP contribution in [0.5, 0.6) is 0 Å². The summed E-state index contributed by atoms with van der Waals surface area (Å²) in [5.74, 6) is -0.473. The van der Waals surface area contributed by atoms with E-state index in [-0.39, 0.29) is 17.9 Å². The molecule has 23 heavy (non-hydrogen) atoms. The van der Waals surface area contributed by atoms with Crippen LogP contribution in [0.3, 0.4) is 0 Å². The minimum atomic E-state index is -0.386. The van der Waals surface area contributed by atoms with Gasteiger partial charge in [0.05, 0.1) is 23.1 Å². The number of nitrogens with zero attached hydrogens (tertiary/aromatic N) is 2. The largest absolute Gasteiger partial charge is 0.450 e. The van der Waals surface area contributed by atoms with E-state index in [0.717, 1.165) is 6.42 Å². The Balaban J connectivity index is 2.00. The number of likely N-dealkylation sites (tertiary alicyclic amines) is 1. The summed E-state index contributed by atoms with van der Waals surface area (Å²) in [5.41, 5.74) is 0.825. The fraction of sp³-hybridized carbons (Fsp3) is 0.438. The highest BCUT2D eigenvalue weighted by Crippen LogP contribution is 2.22. The maximum Gasteiger partial charge on any atom is 0.409 e. The van der Waals surface area contributed by atoms with Crippen LogP contribution in [0, 0.1) is 17.2 Å². The van der Waals surface area contributed by atoms with Crippen molar-refractivity contribution in [3.05, 3.63) is 28.8 Å². The Hall–Kier alpha value is -2.26. The number of rotatable bonds is 3.